The standard InChI is InChI=1S/C17H17BrN2O/c1-12-6-7-14(8-13(12)2)10-17(21)20-19-11-15-4-3-5-16(18)9-15/h3-9,11H,10H2,1-2H3,(H,20,21)/b19-11-. The highest BCUT2D eigenvalue weighted by atomic mass is 79.9. The topological polar surface area (TPSA) is 41.5 Å². The first-order chi connectivity index (χ1) is 10.0. The number of benzene rings is 2. The summed E-state index contributed by atoms with van der Waals surface area (Å²) in [7, 11) is 0. The van der Waals surface area contributed by atoms with Crippen molar-refractivity contribution in [2.75, 3.05) is 0 Å². The maximum Gasteiger partial charge on any atom is 0.244 e. The molecule has 0 fully saturated rings. The number of nitrogens with zero attached hydrogens (tertiary/aromatic N) is 1. The third-order valence-corrected chi connectivity index (χ3v) is 3.68. The molecule has 2 rings (SSSR count). The summed E-state index contributed by atoms with van der Waals surface area (Å²) in [4.78, 5) is 11.8. The summed E-state index contributed by atoms with van der Waals surface area (Å²) in [5, 5.41) is 3.97. The first kappa shape index (κ1) is 15.4. The van der Waals surface area contributed by atoms with Crippen LogP contribution >= 0.6 is 15.9 Å². The van der Waals surface area contributed by atoms with Crippen molar-refractivity contribution < 1.29 is 4.79 Å². The molecule has 0 unspecified atom stereocenters. The van der Waals surface area contributed by atoms with Crippen molar-refractivity contribution in [2.24, 2.45) is 5.10 Å². The van der Waals surface area contributed by atoms with Gasteiger partial charge in [-0.1, -0.05) is 46.3 Å². The van der Waals surface area contributed by atoms with E-state index in [4.69, 9.17) is 0 Å². The number of hydrazone groups is 1. The molecule has 0 saturated heterocycles. The molecule has 0 aliphatic carbocycles. The quantitative estimate of drug-likeness (QED) is 0.665. The lowest BCUT2D eigenvalue weighted by molar-refractivity contribution is -0.120. The molecule has 2 aromatic carbocycles. The van der Waals surface area contributed by atoms with E-state index >= 15 is 0 Å². The zero-order chi connectivity index (χ0) is 15.2. The predicted molar refractivity (Wildman–Crippen MR) is 89.5 cm³/mol. The molecule has 0 aliphatic heterocycles. The molecule has 0 saturated carbocycles. The van der Waals surface area contributed by atoms with Gasteiger partial charge in [0.15, 0.2) is 0 Å². The van der Waals surface area contributed by atoms with Crippen LogP contribution in [0.15, 0.2) is 52.0 Å². The minimum absolute atomic E-state index is 0.121. The molecule has 21 heavy (non-hydrogen) atoms. The lowest BCUT2D eigenvalue weighted by Gasteiger charge is -2.04. The van der Waals surface area contributed by atoms with Gasteiger partial charge in [-0.3, -0.25) is 4.79 Å². The highest BCUT2D eigenvalue weighted by Crippen LogP contribution is 2.11. The largest absolute Gasteiger partial charge is 0.273 e. The van der Waals surface area contributed by atoms with Gasteiger partial charge < -0.3 is 0 Å². The van der Waals surface area contributed by atoms with Gasteiger partial charge in [-0.15, -0.1) is 0 Å². The van der Waals surface area contributed by atoms with Crippen LogP contribution in [0.5, 0.6) is 0 Å². The Morgan fingerprint density at radius 2 is 2.00 bits per heavy atom. The summed E-state index contributed by atoms with van der Waals surface area (Å²) in [5.41, 5.74) is 6.89. The van der Waals surface area contributed by atoms with Gasteiger partial charge in [0.05, 0.1) is 12.6 Å². The number of aryl methyl sites for hydroxylation is 2. The van der Waals surface area contributed by atoms with Crippen molar-refractivity contribution in [3.8, 4) is 0 Å². The number of carbonyl (C=O) groups excluding carboxylic acids is 1. The van der Waals surface area contributed by atoms with E-state index in [1.165, 1.54) is 11.1 Å². The summed E-state index contributed by atoms with van der Waals surface area (Å²) < 4.78 is 0.980. The second-order valence-corrected chi connectivity index (χ2v) is 5.86. The minimum Gasteiger partial charge on any atom is -0.273 e. The molecule has 2 aromatic rings. The van der Waals surface area contributed by atoms with Crippen LogP contribution in [0.2, 0.25) is 0 Å². The van der Waals surface area contributed by atoms with Gasteiger partial charge in [0, 0.05) is 4.47 Å². The van der Waals surface area contributed by atoms with Crippen molar-refractivity contribution in [3.05, 3.63) is 69.2 Å². The Kier molecular flexibility index (Phi) is 5.28. The van der Waals surface area contributed by atoms with E-state index in [1.807, 2.05) is 49.4 Å². The maximum absolute atomic E-state index is 11.8. The van der Waals surface area contributed by atoms with Gasteiger partial charge in [-0.2, -0.15) is 5.10 Å². The number of nitrogens with one attached hydrogen (secondary N) is 1. The van der Waals surface area contributed by atoms with Crippen LogP contribution in [-0.4, -0.2) is 12.1 Å². The molecule has 0 atom stereocenters. The minimum atomic E-state index is -0.121. The first-order valence-electron chi connectivity index (χ1n) is 6.68. The van der Waals surface area contributed by atoms with Gasteiger partial charge >= 0.3 is 0 Å². The monoisotopic (exact) mass is 344 g/mol. The Bertz CT molecular complexity index is 680. The molecule has 0 heterocycles. The second-order valence-electron chi connectivity index (χ2n) is 4.94. The SMILES string of the molecule is Cc1ccc(CC(=O)N/N=C\c2cccc(Br)c2)cc1C. The Hall–Kier alpha value is -1.94. The fraction of sp³-hybridized carbons (Fsp3) is 0.176. The molecule has 0 spiro atoms. The summed E-state index contributed by atoms with van der Waals surface area (Å²) in [5.74, 6) is -0.121. The van der Waals surface area contributed by atoms with Crippen LogP contribution < -0.4 is 5.43 Å². The zero-order valence-corrected chi connectivity index (χ0v) is 13.6. The molecule has 0 aromatic heterocycles. The highest BCUT2D eigenvalue weighted by molar-refractivity contribution is 9.10. The van der Waals surface area contributed by atoms with E-state index in [0.29, 0.717) is 6.42 Å². The van der Waals surface area contributed by atoms with Gasteiger partial charge in [0.2, 0.25) is 5.91 Å². The van der Waals surface area contributed by atoms with Crippen molar-refractivity contribution >= 4 is 28.1 Å². The maximum atomic E-state index is 11.8. The predicted octanol–water partition coefficient (Wildman–Crippen LogP) is 3.76. The van der Waals surface area contributed by atoms with E-state index in [-0.39, 0.29) is 5.91 Å². The summed E-state index contributed by atoms with van der Waals surface area (Å²) in [6, 6.07) is 13.7. The number of carbonyl (C=O) groups is 1. The molecular weight excluding hydrogens is 328 g/mol. The molecule has 0 aliphatic rings. The third-order valence-electron chi connectivity index (χ3n) is 3.19. The summed E-state index contributed by atoms with van der Waals surface area (Å²) in [6.45, 7) is 4.10. The Morgan fingerprint density at radius 1 is 1.19 bits per heavy atom. The lowest BCUT2D eigenvalue weighted by atomic mass is 10.0. The smallest absolute Gasteiger partial charge is 0.244 e. The number of rotatable bonds is 4. The number of hydrogen-bond acceptors (Lipinski definition) is 2. The van der Waals surface area contributed by atoms with Crippen molar-refractivity contribution in [2.45, 2.75) is 20.3 Å². The zero-order valence-electron chi connectivity index (χ0n) is 12.1. The molecule has 1 N–H and O–H groups in total. The fourth-order valence-corrected chi connectivity index (χ4v) is 2.32. The van der Waals surface area contributed by atoms with E-state index in [9.17, 15) is 4.79 Å². The molecule has 4 heteroatoms. The average molecular weight is 345 g/mol. The summed E-state index contributed by atoms with van der Waals surface area (Å²) >= 11 is 3.39. The molecule has 3 nitrogen and oxygen atoms in total. The Balaban J connectivity index is 1.91. The van der Waals surface area contributed by atoms with Gasteiger partial charge in [0.25, 0.3) is 0 Å². The van der Waals surface area contributed by atoms with Crippen LogP contribution in [0.4, 0.5) is 0 Å². The number of amides is 1. The molecule has 0 radical (unpaired) electrons. The van der Waals surface area contributed by atoms with Gasteiger partial charge in [-0.05, 0) is 48.2 Å². The second kappa shape index (κ2) is 7.18. The van der Waals surface area contributed by atoms with Crippen LogP contribution in [-0.2, 0) is 11.2 Å². The number of halogens is 1. The van der Waals surface area contributed by atoms with Gasteiger partial charge in [0.1, 0.15) is 0 Å². The van der Waals surface area contributed by atoms with Crippen molar-refractivity contribution in [1.29, 1.82) is 0 Å². The average Bonchev–Trinajstić information content (AvgIpc) is 2.43. The van der Waals surface area contributed by atoms with Crippen LogP contribution in [0, 0.1) is 13.8 Å². The van der Waals surface area contributed by atoms with E-state index < -0.39 is 0 Å². The van der Waals surface area contributed by atoms with Crippen LogP contribution in [0.3, 0.4) is 0 Å². The summed E-state index contributed by atoms with van der Waals surface area (Å²) in [6.07, 6.45) is 1.96. The van der Waals surface area contributed by atoms with Crippen molar-refractivity contribution in [1.82, 2.24) is 5.43 Å². The lowest BCUT2D eigenvalue weighted by Crippen LogP contribution is -2.19. The van der Waals surface area contributed by atoms with Crippen molar-refractivity contribution in [3.63, 3.8) is 0 Å². The molecule has 108 valence electrons. The molecule has 1 amide bonds. The van der Waals surface area contributed by atoms with E-state index in [0.717, 1.165) is 15.6 Å². The Morgan fingerprint density at radius 3 is 2.71 bits per heavy atom. The Labute approximate surface area is 133 Å². The van der Waals surface area contributed by atoms with E-state index in [1.54, 1.807) is 6.21 Å². The van der Waals surface area contributed by atoms with Gasteiger partial charge in [-0.25, -0.2) is 5.43 Å². The third kappa shape index (κ3) is 4.83. The molecular formula is C17H17BrN2O. The number of hydrogen-bond donors (Lipinski definition) is 1. The van der Waals surface area contributed by atoms with Crippen LogP contribution in [0.1, 0.15) is 22.3 Å². The van der Waals surface area contributed by atoms with E-state index in [2.05, 4.69) is 33.4 Å². The highest BCUT2D eigenvalue weighted by Gasteiger charge is 2.03. The normalized spacial score (nSPS) is 10.8. The first-order valence-corrected chi connectivity index (χ1v) is 7.47. The fourth-order valence-electron chi connectivity index (χ4n) is 1.90. The van der Waals surface area contributed by atoms with Crippen LogP contribution in [0.25, 0.3) is 0 Å². The molecule has 0 bridgehead atoms.